The van der Waals surface area contributed by atoms with E-state index in [2.05, 4.69) is 11.0 Å². The van der Waals surface area contributed by atoms with Crippen LogP contribution in [0.4, 0.5) is 0 Å². The lowest BCUT2D eigenvalue weighted by molar-refractivity contribution is 0.281. The number of rotatable bonds is 4. The van der Waals surface area contributed by atoms with Gasteiger partial charge in [0.05, 0.1) is 31.6 Å². The molecule has 0 radical (unpaired) electrons. The molecule has 122 valence electrons. The van der Waals surface area contributed by atoms with Gasteiger partial charge < -0.3 is 14.9 Å². The lowest BCUT2D eigenvalue weighted by Gasteiger charge is -2.29. The van der Waals surface area contributed by atoms with Gasteiger partial charge in [-0.3, -0.25) is 4.90 Å². The molecule has 0 saturated heterocycles. The molecule has 24 heavy (non-hydrogen) atoms. The number of hydrogen-bond donors (Lipinski definition) is 1. The molecule has 1 N–H and O–H groups in total. The highest BCUT2D eigenvalue weighted by atomic mass is 16.5. The van der Waals surface area contributed by atoms with Crippen LogP contribution in [0.1, 0.15) is 22.3 Å². The minimum absolute atomic E-state index is 0.542. The van der Waals surface area contributed by atoms with Crippen LogP contribution in [0.2, 0.25) is 0 Å². The largest absolute Gasteiger partial charge is 0.497 e. The fourth-order valence-electron chi connectivity index (χ4n) is 3.01. The van der Waals surface area contributed by atoms with Crippen molar-refractivity contribution >= 4 is 5.71 Å². The minimum atomic E-state index is 0.542. The van der Waals surface area contributed by atoms with E-state index < -0.39 is 0 Å². The molecule has 0 atom stereocenters. The maximum atomic E-state index is 9.02. The van der Waals surface area contributed by atoms with E-state index in [9.17, 15) is 0 Å². The second-order valence-corrected chi connectivity index (χ2v) is 5.79. The molecule has 2 aromatic rings. The summed E-state index contributed by atoms with van der Waals surface area (Å²) in [6.45, 7) is 1.99. The van der Waals surface area contributed by atoms with E-state index in [4.69, 9.17) is 20.1 Å². The molecule has 0 unspecified atom stereocenters. The highest BCUT2D eigenvalue weighted by molar-refractivity contribution is 6.02. The third-order valence-electron chi connectivity index (χ3n) is 4.23. The first-order valence-corrected chi connectivity index (χ1v) is 7.68. The van der Waals surface area contributed by atoms with Crippen molar-refractivity contribution in [1.82, 2.24) is 4.90 Å². The predicted molar refractivity (Wildman–Crippen MR) is 91.6 cm³/mol. The molecule has 5 nitrogen and oxygen atoms in total. The van der Waals surface area contributed by atoms with Gasteiger partial charge in [-0.1, -0.05) is 12.1 Å². The first-order valence-electron chi connectivity index (χ1n) is 7.68. The molecule has 1 aliphatic heterocycles. The van der Waals surface area contributed by atoms with Crippen LogP contribution < -0.4 is 9.47 Å². The van der Waals surface area contributed by atoms with Crippen LogP contribution >= 0.6 is 0 Å². The van der Waals surface area contributed by atoms with Gasteiger partial charge in [0.15, 0.2) is 0 Å². The monoisotopic (exact) mass is 321 g/mol. The molecule has 1 aliphatic rings. The lowest BCUT2D eigenvalue weighted by atomic mass is 9.95. The minimum Gasteiger partial charge on any atom is -0.497 e. The molecular formula is C19H19N3O2. The van der Waals surface area contributed by atoms with Crippen molar-refractivity contribution in [3.05, 3.63) is 58.7 Å². The van der Waals surface area contributed by atoms with Crippen LogP contribution in [-0.4, -0.2) is 31.4 Å². The highest BCUT2D eigenvalue weighted by Crippen LogP contribution is 2.28. The van der Waals surface area contributed by atoms with E-state index in [0.29, 0.717) is 24.4 Å². The van der Waals surface area contributed by atoms with Crippen molar-refractivity contribution < 1.29 is 9.47 Å². The van der Waals surface area contributed by atoms with Crippen LogP contribution in [0.15, 0.2) is 36.4 Å². The van der Waals surface area contributed by atoms with Crippen LogP contribution in [-0.2, 0) is 13.1 Å². The Morgan fingerprint density at radius 2 is 1.96 bits per heavy atom. The van der Waals surface area contributed by atoms with E-state index in [1.807, 2.05) is 36.4 Å². The topological polar surface area (TPSA) is 69.3 Å². The van der Waals surface area contributed by atoms with E-state index in [-0.39, 0.29) is 0 Å². The molecule has 0 aliphatic carbocycles. The van der Waals surface area contributed by atoms with E-state index in [0.717, 1.165) is 34.7 Å². The molecular weight excluding hydrogens is 302 g/mol. The fraction of sp³-hybridized carbons (Fsp3) is 0.263. The number of benzene rings is 2. The Labute approximate surface area is 141 Å². The molecule has 2 aromatic carbocycles. The highest BCUT2D eigenvalue weighted by Gasteiger charge is 2.22. The SMILES string of the molecule is COc1ccc(CN2CC(=N)c3cc(C#N)ccc3C2)c(OC)c1. The molecule has 5 heteroatoms. The van der Waals surface area contributed by atoms with Crippen molar-refractivity contribution in [2.75, 3.05) is 20.8 Å². The molecule has 0 fully saturated rings. The van der Waals surface area contributed by atoms with Crippen LogP contribution in [0.3, 0.4) is 0 Å². The maximum Gasteiger partial charge on any atom is 0.127 e. The van der Waals surface area contributed by atoms with Gasteiger partial charge in [-0.15, -0.1) is 0 Å². The zero-order chi connectivity index (χ0) is 17.1. The molecule has 3 rings (SSSR count). The number of methoxy groups -OCH3 is 2. The lowest BCUT2D eigenvalue weighted by Crippen LogP contribution is -2.34. The van der Waals surface area contributed by atoms with Crippen LogP contribution in [0, 0.1) is 16.7 Å². The number of nitrogens with zero attached hydrogens (tertiary/aromatic N) is 2. The van der Waals surface area contributed by atoms with E-state index in [1.54, 1.807) is 14.2 Å². The number of hydrogen-bond acceptors (Lipinski definition) is 5. The van der Waals surface area contributed by atoms with Crippen molar-refractivity contribution in [3.8, 4) is 17.6 Å². The van der Waals surface area contributed by atoms with Gasteiger partial charge in [0.1, 0.15) is 11.5 Å². The van der Waals surface area contributed by atoms with Gasteiger partial charge in [0.25, 0.3) is 0 Å². The van der Waals surface area contributed by atoms with Gasteiger partial charge in [-0.2, -0.15) is 5.26 Å². The van der Waals surface area contributed by atoms with E-state index in [1.165, 1.54) is 0 Å². The summed E-state index contributed by atoms with van der Waals surface area (Å²) >= 11 is 0. The average molecular weight is 321 g/mol. The second kappa shape index (κ2) is 6.73. The Hall–Kier alpha value is -2.84. The fourth-order valence-corrected chi connectivity index (χ4v) is 3.01. The van der Waals surface area contributed by atoms with Crippen LogP contribution in [0.5, 0.6) is 11.5 Å². The summed E-state index contributed by atoms with van der Waals surface area (Å²) < 4.78 is 10.7. The maximum absolute atomic E-state index is 9.02. The Bertz CT molecular complexity index is 824. The third kappa shape index (κ3) is 3.10. The molecule has 0 aromatic heterocycles. The standard InChI is InChI=1S/C19H19N3O2/c1-23-16-6-5-15(19(8-16)24-2)11-22-10-14-4-3-13(9-20)7-17(14)18(21)12-22/h3-8,21H,10-12H2,1-2H3. The Balaban J connectivity index is 1.83. The summed E-state index contributed by atoms with van der Waals surface area (Å²) in [6, 6.07) is 13.5. The zero-order valence-electron chi connectivity index (χ0n) is 13.8. The Morgan fingerprint density at radius 3 is 2.67 bits per heavy atom. The first-order chi connectivity index (χ1) is 11.6. The predicted octanol–water partition coefficient (Wildman–Crippen LogP) is 2.96. The smallest absolute Gasteiger partial charge is 0.127 e. The number of nitriles is 1. The average Bonchev–Trinajstić information content (AvgIpc) is 2.61. The van der Waals surface area contributed by atoms with Crippen LogP contribution in [0.25, 0.3) is 0 Å². The normalized spacial score (nSPS) is 14.0. The molecule has 0 bridgehead atoms. The summed E-state index contributed by atoms with van der Waals surface area (Å²) in [5, 5.41) is 17.3. The zero-order valence-corrected chi connectivity index (χ0v) is 13.8. The summed E-state index contributed by atoms with van der Waals surface area (Å²) in [6.07, 6.45) is 0. The summed E-state index contributed by atoms with van der Waals surface area (Å²) in [5.74, 6) is 1.54. The number of ether oxygens (including phenoxy) is 2. The molecule has 0 saturated carbocycles. The Morgan fingerprint density at radius 1 is 1.12 bits per heavy atom. The quantitative estimate of drug-likeness (QED) is 0.940. The van der Waals surface area contributed by atoms with Gasteiger partial charge in [0, 0.05) is 36.8 Å². The second-order valence-electron chi connectivity index (χ2n) is 5.79. The van der Waals surface area contributed by atoms with Gasteiger partial charge in [0.2, 0.25) is 0 Å². The molecule has 1 heterocycles. The Kier molecular flexibility index (Phi) is 4.50. The van der Waals surface area contributed by atoms with Gasteiger partial charge in [-0.25, -0.2) is 0 Å². The van der Waals surface area contributed by atoms with Crippen molar-refractivity contribution in [1.29, 1.82) is 10.7 Å². The third-order valence-corrected chi connectivity index (χ3v) is 4.23. The van der Waals surface area contributed by atoms with E-state index >= 15 is 0 Å². The molecule has 0 spiro atoms. The number of nitrogens with one attached hydrogen (secondary N) is 1. The van der Waals surface area contributed by atoms with Crippen molar-refractivity contribution in [2.45, 2.75) is 13.1 Å². The molecule has 0 amide bonds. The van der Waals surface area contributed by atoms with Gasteiger partial charge >= 0.3 is 0 Å². The van der Waals surface area contributed by atoms with Crippen molar-refractivity contribution in [2.24, 2.45) is 0 Å². The first kappa shape index (κ1) is 16.0. The summed E-state index contributed by atoms with van der Waals surface area (Å²) in [4.78, 5) is 2.20. The van der Waals surface area contributed by atoms with Gasteiger partial charge in [-0.05, 0) is 23.8 Å². The number of fused-ring (bicyclic) bond motifs is 1. The summed E-state index contributed by atoms with van der Waals surface area (Å²) in [7, 11) is 3.28. The summed E-state index contributed by atoms with van der Waals surface area (Å²) in [5.41, 5.74) is 4.16. The van der Waals surface area contributed by atoms with Crippen molar-refractivity contribution in [3.63, 3.8) is 0 Å².